The number of benzene rings is 4. The van der Waals surface area contributed by atoms with Crippen molar-refractivity contribution in [1.29, 1.82) is 0 Å². The number of rotatable bonds is 9. The molecule has 2 N–H and O–H groups in total. The molecule has 1 aliphatic heterocycles. The van der Waals surface area contributed by atoms with E-state index in [9.17, 15) is 15.0 Å². The van der Waals surface area contributed by atoms with Crippen LogP contribution >= 0.6 is 0 Å². The molecule has 0 spiro atoms. The van der Waals surface area contributed by atoms with Gasteiger partial charge in [0, 0.05) is 23.5 Å². The number of phenolic OH excluding ortho intramolecular Hbond substituents is 1. The SMILES string of the molecule is CCCOc1ccc2c(c1)C(c1ccc(OC)cc1-c1ccc(OC)cc1O)C(C(=O)O)C2c1ccc2c(c1)OCO2. The maximum atomic E-state index is 13.3. The Kier molecular flexibility index (Phi) is 7.29. The number of carboxylic acid groups (broad SMARTS) is 1. The molecule has 8 nitrogen and oxygen atoms in total. The maximum absolute atomic E-state index is 13.3. The van der Waals surface area contributed by atoms with Crippen molar-refractivity contribution in [2.45, 2.75) is 25.2 Å². The lowest BCUT2D eigenvalue weighted by atomic mass is 9.77. The van der Waals surface area contributed by atoms with E-state index < -0.39 is 23.7 Å². The van der Waals surface area contributed by atoms with Gasteiger partial charge in [0.25, 0.3) is 0 Å². The van der Waals surface area contributed by atoms with Gasteiger partial charge in [-0.3, -0.25) is 4.79 Å². The fourth-order valence-corrected chi connectivity index (χ4v) is 6.17. The summed E-state index contributed by atoms with van der Waals surface area (Å²) in [6.07, 6.45) is 0.845. The lowest BCUT2D eigenvalue weighted by molar-refractivity contribution is -0.142. The van der Waals surface area contributed by atoms with Gasteiger partial charge in [-0.05, 0) is 82.8 Å². The van der Waals surface area contributed by atoms with Gasteiger partial charge in [-0.2, -0.15) is 0 Å². The van der Waals surface area contributed by atoms with Crippen molar-refractivity contribution >= 4 is 5.97 Å². The number of aromatic hydroxyl groups is 1. The molecule has 0 radical (unpaired) electrons. The Morgan fingerprint density at radius 1 is 0.786 bits per heavy atom. The lowest BCUT2D eigenvalue weighted by Crippen LogP contribution is -2.24. The number of methoxy groups -OCH3 is 2. The second kappa shape index (κ2) is 11.2. The molecule has 0 amide bonds. The first-order chi connectivity index (χ1) is 20.4. The number of carbonyl (C=O) groups is 1. The molecule has 0 saturated carbocycles. The van der Waals surface area contributed by atoms with Crippen LogP contribution in [-0.4, -0.2) is 43.8 Å². The van der Waals surface area contributed by atoms with Crippen molar-refractivity contribution in [3.63, 3.8) is 0 Å². The normalized spacial score (nSPS) is 18.4. The van der Waals surface area contributed by atoms with Crippen molar-refractivity contribution in [3.8, 4) is 45.6 Å². The fourth-order valence-electron chi connectivity index (χ4n) is 6.17. The molecular formula is C34H32O8. The Labute approximate surface area is 244 Å². The summed E-state index contributed by atoms with van der Waals surface area (Å²) in [6.45, 7) is 2.71. The van der Waals surface area contributed by atoms with Crippen LogP contribution in [0.5, 0.6) is 34.5 Å². The average molecular weight is 569 g/mol. The molecule has 3 unspecified atom stereocenters. The summed E-state index contributed by atoms with van der Waals surface area (Å²) < 4.78 is 28.0. The first-order valence-electron chi connectivity index (χ1n) is 13.9. The fraction of sp³-hybridized carbons (Fsp3) is 0.265. The van der Waals surface area contributed by atoms with Crippen LogP contribution in [0.15, 0.2) is 72.8 Å². The van der Waals surface area contributed by atoms with Crippen molar-refractivity contribution in [2.75, 3.05) is 27.6 Å². The number of hydrogen-bond donors (Lipinski definition) is 2. The number of ether oxygens (including phenoxy) is 5. The van der Waals surface area contributed by atoms with Crippen LogP contribution < -0.4 is 23.7 Å². The van der Waals surface area contributed by atoms with Crippen LogP contribution in [0.4, 0.5) is 0 Å². The minimum Gasteiger partial charge on any atom is -0.507 e. The summed E-state index contributed by atoms with van der Waals surface area (Å²) in [5.41, 5.74) is 4.54. The van der Waals surface area contributed by atoms with Gasteiger partial charge in [-0.15, -0.1) is 0 Å². The summed E-state index contributed by atoms with van der Waals surface area (Å²) in [6, 6.07) is 22.1. The molecule has 216 valence electrons. The van der Waals surface area contributed by atoms with E-state index in [1.165, 1.54) is 7.11 Å². The lowest BCUT2D eigenvalue weighted by Gasteiger charge is -2.25. The van der Waals surface area contributed by atoms with Gasteiger partial charge in [0.2, 0.25) is 6.79 Å². The molecule has 2 aliphatic rings. The van der Waals surface area contributed by atoms with Crippen LogP contribution in [0.25, 0.3) is 11.1 Å². The molecule has 0 bridgehead atoms. The third-order valence-corrected chi connectivity index (χ3v) is 8.05. The largest absolute Gasteiger partial charge is 0.507 e. The molecular weight excluding hydrogens is 536 g/mol. The molecule has 4 aromatic carbocycles. The summed E-state index contributed by atoms with van der Waals surface area (Å²) >= 11 is 0. The van der Waals surface area contributed by atoms with E-state index in [2.05, 4.69) is 0 Å². The third-order valence-electron chi connectivity index (χ3n) is 8.05. The molecule has 0 aromatic heterocycles. The predicted molar refractivity (Wildman–Crippen MR) is 156 cm³/mol. The smallest absolute Gasteiger partial charge is 0.308 e. The zero-order valence-electron chi connectivity index (χ0n) is 23.6. The minimum absolute atomic E-state index is 0.0151. The molecule has 0 fully saturated rings. The van der Waals surface area contributed by atoms with E-state index in [1.807, 2.05) is 61.5 Å². The van der Waals surface area contributed by atoms with Crippen LogP contribution in [0.2, 0.25) is 0 Å². The second-order valence-electron chi connectivity index (χ2n) is 10.4. The first-order valence-corrected chi connectivity index (χ1v) is 13.9. The molecule has 4 aromatic rings. The van der Waals surface area contributed by atoms with E-state index in [1.54, 1.807) is 25.3 Å². The van der Waals surface area contributed by atoms with Crippen molar-refractivity contribution in [3.05, 3.63) is 95.1 Å². The van der Waals surface area contributed by atoms with E-state index >= 15 is 0 Å². The Morgan fingerprint density at radius 3 is 2.24 bits per heavy atom. The number of aliphatic carboxylic acids is 1. The van der Waals surface area contributed by atoms with Crippen LogP contribution in [0.1, 0.15) is 47.4 Å². The van der Waals surface area contributed by atoms with Gasteiger partial charge in [-0.1, -0.05) is 25.1 Å². The molecule has 8 heteroatoms. The number of phenols is 1. The Balaban J connectivity index is 1.58. The second-order valence-corrected chi connectivity index (χ2v) is 10.4. The van der Waals surface area contributed by atoms with Gasteiger partial charge < -0.3 is 33.9 Å². The van der Waals surface area contributed by atoms with Gasteiger partial charge >= 0.3 is 5.97 Å². The summed E-state index contributed by atoms with van der Waals surface area (Å²) in [5.74, 6) is 0.174. The highest BCUT2D eigenvalue weighted by Gasteiger charge is 2.47. The molecule has 1 heterocycles. The minimum atomic E-state index is -0.935. The standard InChI is InChI=1S/C34H32O8/c1-4-13-40-22-8-11-25-27(16-22)32(33(34(36)37)31(25)19-5-12-29-30(14-19)42-18-41-29)24-10-7-20(38-2)15-26(24)23-9-6-21(39-3)17-28(23)35/h5-12,14-17,31-33,35H,4,13,18H2,1-3H3,(H,36,37). The maximum Gasteiger partial charge on any atom is 0.308 e. The Bertz CT molecular complexity index is 1650. The zero-order chi connectivity index (χ0) is 29.4. The quantitative estimate of drug-likeness (QED) is 0.234. The van der Waals surface area contributed by atoms with Crippen LogP contribution in [-0.2, 0) is 4.79 Å². The van der Waals surface area contributed by atoms with E-state index in [4.69, 9.17) is 23.7 Å². The molecule has 6 rings (SSSR count). The van der Waals surface area contributed by atoms with Crippen molar-refractivity contribution < 1.29 is 38.7 Å². The van der Waals surface area contributed by atoms with E-state index in [0.717, 1.165) is 28.7 Å². The Morgan fingerprint density at radius 2 is 1.50 bits per heavy atom. The van der Waals surface area contributed by atoms with Gasteiger partial charge in [0.1, 0.15) is 23.0 Å². The average Bonchev–Trinajstić information content (AvgIpc) is 3.61. The van der Waals surface area contributed by atoms with Crippen LogP contribution in [0, 0.1) is 5.92 Å². The van der Waals surface area contributed by atoms with E-state index in [0.29, 0.717) is 46.5 Å². The zero-order valence-corrected chi connectivity index (χ0v) is 23.6. The highest BCUT2D eigenvalue weighted by atomic mass is 16.7. The van der Waals surface area contributed by atoms with Crippen LogP contribution in [0.3, 0.4) is 0 Å². The monoisotopic (exact) mass is 568 g/mol. The van der Waals surface area contributed by atoms with Gasteiger partial charge in [0.15, 0.2) is 11.5 Å². The molecule has 0 saturated heterocycles. The summed E-state index contributed by atoms with van der Waals surface area (Å²) in [4.78, 5) is 13.3. The topological polar surface area (TPSA) is 104 Å². The highest BCUT2D eigenvalue weighted by Crippen LogP contribution is 2.56. The van der Waals surface area contributed by atoms with Gasteiger partial charge in [-0.25, -0.2) is 0 Å². The number of fused-ring (bicyclic) bond motifs is 2. The summed E-state index contributed by atoms with van der Waals surface area (Å²) in [7, 11) is 3.11. The number of carboxylic acids is 1. The van der Waals surface area contributed by atoms with Crippen molar-refractivity contribution in [2.24, 2.45) is 5.92 Å². The first kappa shape index (κ1) is 27.3. The highest BCUT2D eigenvalue weighted by molar-refractivity contribution is 5.82. The van der Waals surface area contributed by atoms with E-state index in [-0.39, 0.29) is 12.5 Å². The summed E-state index contributed by atoms with van der Waals surface area (Å²) in [5, 5.41) is 21.9. The molecule has 3 atom stereocenters. The third kappa shape index (κ3) is 4.72. The Hall–Kier alpha value is -4.85. The van der Waals surface area contributed by atoms with Gasteiger partial charge in [0.05, 0.1) is 26.7 Å². The number of hydrogen-bond acceptors (Lipinski definition) is 7. The molecule has 42 heavy (non-hydrogen) atoms. The predicted octanol–water partition coefficient (Wildman–Crippen LogP) is 6.57. The van der Waals surface area contributed by atoms with Crippen molar-refractivity contribution in [1.82, 2.24) is 0 Å². The molecule has 1 aliphatic carbocycles.